The van der Waals surface area contributed by atoms with Gasteiger partial charge in [0.2, 0.25) is 0 Å². The third-order valence-corrected chi connectivity index (χ3v) is 5.49. The number of fused-ring (bicyclic) bond motifs is 1. The fourth-order valence-electron chi connectivity index (χ4n) is 3.83. The molecule has 0 bridgehead atoms. The van der Waals surface area contributed by atoms with Crippen molar-refractivity contribution < 1.29 is 4.74 Å². The van der Waals surface area contributed by atoms with E-state index >= 15 is 0 Å². The van der Waals surface area contributed by atoms with Crippen LogP contribution in [0.5, 0.6) is 0 Å². The average molecular weight is 395 g/mol. The van der Waals surface area contributed by atoms with E-state index in [1.165, 1.54) is 5.56 Å². The maximum absolute atomic E-state index is 5.68. The Morgan fingerprint density at radius 2 is 2.10 bits per heavy atom. The molecule has 4 rings (SSSR count). The lowest BCUT2D eigenvalue weighted by Crippen LogP contribution is -2.49. The second kappa shape index (κ2) is 8.80. The molecule has 1 unspecified atom stereocenters. The second-order valence-electron chi connectivity index (χ2n) is 7.87. The smallest absolute Gasteiger partial charge is 0.163 e. The van der Waals surface area contributed by atoms with Crippen LogP contribution in [-0.4, -0.2) is 46.9 Å². The molecule has 3 aromatic rings. The number of aromatic nitrogens is 3. The number of nitrogens with zero attached hydrogens (tertiary/aromatic N) is 3. The standard InChI is InChI=1S/C22H30N6O/c1-15(2)17-13-25-28-21(24-12-16-7-5-4-6-8-16)11-20(27-22(17)28)26-18-14-23-10-9-19(18)29-3/h4-8,11,13,15,18-19,23-24H,9-10,12,14H2,1-3H3,(H,26,27)/t18?,19-/m1/s1. The van der Waals surface area contributed by atoms with Crippen molar-refractivity contribution in [3.05, 3.63) is 53.7 Å². The minimum atomic E-state index is 0.171. The zero-order valence-corrected chi connectivity index (χ0v) is 17.4. The molecule has 0 saturated carbocycles. The topological polar surface area (TPSA) is 75.5 Å². The molecule has 7 heteroatoms. The molecule has 3 N–H and O–H groups in total. The van der Waals surface area contributed by atoms with Crippen LogP contribution in [0.2, 0.25) is 0 Å². The number of methoxy groups -OCH3 is 1. The summed E-state index contributed by atoms with van der Waals surface area (Å²) < 4.78 is 7.58. The Balaban J connectivity index is 1.65. The summed E-state index contributed by atoms with van der Waals surface area (Å²) in [6.45, 7) is 6.90. The molecule has 29 heavy (non-hydrogen) atoms. The summed E-state index contributed by atoms with van der Waals surface area (Å²) in [7, 11) is 1.78. The molecule has 7 nitrogen and oxygen atoms in total. The molecule has 1 aliphatic rings. The van der Waals surface area contributed by atoms with Gasteiger partial charge < -0.3 is 20.7 Å². The van der Waals surface area contributed by atoms with Crippen LogP contribution >= 0.6 is 0 Å². The Labute approximate surface area is 171 Å². The third-order valence-electron chi connectivity index (χ3n) is 5.49. The van der Waals surface area contributed by atoms with Crippen LogP contribution in [0.25, 0.3) is 5.65 Å². The Bertz CT molecular complexity index is 939. The molecule has 1 fully saturated rings. The minimum Gasteiger partial charge on any atom is -0.379 e. The fraction of sp³-hybridized carbons (Fsp3) is 0.455. The van der Waals surface area contributed by atoms with Gasteiger partial charge in [0.25, 0.3) is 0 Å². The van der Waals surface area contributed by atoms with Gasteiger partial charge in [-0.05, 0) is 24.4 Å². The van der Waals surface area contributed by atoms with Crippen molar-refractivity contribution in [2.24, 2.45) is 0 Å². The highest BCUT2D eigenvalue weighted by molar-refractivity contribution is 5.61. The normalized spacial score (nSPS) is 19.6. The third kappa shape index (κ3) is 4.36. The summed E-state index contributed by atoms with van der Waals surface area (Å²) in [5.74, 6) is 2.11. The molecule has 1 aliphatic heterocycles. The highest BCUT2D eigenvalue weighted by atomic mass is 16.5. The van der Waals surface area contributed by atoms with Gasteiger partial charge in [-0.2, -0.15) is 9.61 Å². The first kappa shape index (κ1) is 19.7. The first-order valence-electron chi connectivity index (χ1n) is 10.3. The molecular weight excluding hydrogens is 364 g/mol. The van der Waals surface area contributed by atoms with Gasteiger partial charge in [0.1, 0.15) is 11.6 Å². The van der Waals surface area contributed by atoms with Crippen molar-refractivity contribution >= 4 is 17.3 Å². The van der Waals surface area contributed by atoms with Gasteiger partial charge in [0, 0.05) is 31.8 Å². The van der Waals surface area contributed by atoms with Crippen molar-refractivity contribution in [3.63, 3.8) is 0 Å². The average Bonchev–Trinajstić information content (AvgIpc) is 3.17. The van der Waals surface area contributed by atoms with Crippen molar-refractivity contribution in [3.8, 4) is 0 Å². The van der Waals surface area contributed by atoms with Crippen LogP contribution in [0.1, 0.15) is 37.3 Å². The number of ether oxygens (including phenoxy) is 1. The van der Waals surface area contributed by atoms with E-state index in [0.717, 1.165) is 48.9 Å². The first-order valence-corrected chi connectivity index (χ1v) is 10.3. The van der Waals surface area contributed by atoms with Gasteiger partial charge >= 0.3 is 0 Å². The van der Waals surface area contributed by atoms with Gasteiger partial charge in [0.15, 0.2) is 5.65 Å². The number of rotatable bonds is 7. The molecule has 2 aromatic heterocycles. The number of piperidine rings is 1. The van der Waals surface area contributed by atoms with Crippen molar-refractivity contribution in [1.82, 2.24) is 19.9 Å². The van der Waals surface area contributed by atoms with Gasteiger partial charge in [0.05, 0.1) is 18.3 Å². The molecule has 3 heterocycles. The van der Waals surface area contributed by atoms with Crippen LogP contribution in [0.3, 0.4) is 0 Å². The molecule has 2 atom stereocenters. The van der Waals surface area contributed by atoms with Crippen LogP contribution in [0.15, 0.2) is 42.6 Å². The Morgan fingerprint density at radius 1 is 1.28 bits per heavy atom. The number of nitrogens with one attached hydrogen (secondary N) is 3. The number of hydrogen-bond acceptors (Lipinski definition) is 6. The first-order chi connectivity index (χ1) is 14.2. The summed E-state index contributed by atoms with van der Waals surface area (Å²) in [5, 5.41) is 15.2. The van der Waals surface area contributed by atoms with Crippen LogP contribution in [-0.2, 0) is 11.3 Å². The maximum atomic E-state index is 5.68. The van der Waals surface area contributed by atoms with Crippen LogP contribution in [0.4, 0.5) is 11.6 Å². The quantitative estimate of drug-likeness (QED) is 0.571. The largest absolute Gasteiger partial charge is 0.379 e. The number of benzene rings is 1. The van der Waals surface area contributed by atoms with Gasteiger partial charge in [-0.1, -0.05) is 44.2 Å². The zero-order valence-electron chi connectivity index (χ0n) is 17.4. The molecule has 154 valence electrons. The van der Waals surface area contributed by atoms with E-state index in [0.29, 0.717) is 5.92 Å². The van der Waals surface area contributed by atoms with Crippen molar-refractivity contribution in [2.45, 2.75) is 44.9 Å². The van der Waals surface area contributed by atoms with Gasteiger partial charge in [-0.25, -0.2) is 4.98 Å². The second-order valence-corrected chi connectivity index (χ2v) is 7.87. The van der Waals surface area contributed by atoms with E-state index in [2.05, 4.69) is 59.2 Å². The van der Waals surface area contributed by atoms with E-state index in [-0.39, 0.29) is 12.1 Å². The van der Waals surface area contributed by atoms with Crippen molar-refractivity contribution in [2.75, 3.05) is 30.8 Å². The molecule has 0 radical (unpaired) electrons. The fourth-order valence-corrected chi connectivity index (χ4v) is 3.83. The summed E-state index contributed by atoms with van der Waals surface area (Å²) in [6, 6.07) is 12.6. The van der Waals surface area contributed by atoms with Gasteiger partial charge in [-0.3, -0.25) is 0 Å². The Hall–Kier alpha value is -2.64. The predicted molar refractivity (Wildman–Crippen MR) is 117 cm³/mol. The van der Waals surface area contributed by atoms with E-state index in [9.17, 15) is 0 Å². The molecule has 0 amide bonds. The van der Waals surface area contributed by atoms with E-state index in [1.807, 2.05) is 22.8 Å². The SMILES string of the molecule is CO[C@@H]1CCNCC1Nc1cc(NCc2ccccc2)n2ncc(C(C)C)c2n1. The summed E-state index contributed by atoms with van der Waals surface area (Å²) >= 11 is 0. The summed E-state index contributed by atoms with van der Waals surface area (Å²) in [4.78, 5) is 4.90. The van der Waals surface area contributed by atoms with E-state index in [4.69, 9.17) is 9.72 Å². The predicted octanol–water partition coefficient (Wildman–Crippen LogP) is 3.25. The zero-order chi connectivity index (χ0) is 20.2. The van der Waals surface area contributed by atoms with Crippen LogP contribution in [0, 0.1) is 0 Å². The lowest BCUT2D eigenvalue weighted by Gasteiger charge is -2.32. The summed E-state index contributed by atoms with van der Waals surface area (Å²) in [6.07, 6.45) is 3.08. The Morgan fingerprint density at radius 3 is 2.86 bits per heavy atom. The summed E-state index contributed by atoms with van der Waals surface area (Å²) in [5.41, 5.74) is 3.25. The number of anilines is 2. The lowest BCUT2D eigenvalue weighted by atomic mass is 10.0. The maximum Gasteiger partial charge on any atom is 0.163 e. The highest BCUT2D eigenvalue weighted by Crippen LogP contribution is 2.25. The van der Waals surface area contributed by atoms with E-state index < -0.39 is 0 Å². The monoisotopic (exact) mass is 394 g/mol. The highest BCUT2D eigenvalue weighted by Gasteiger charge is 2.25. The minimum absolute atomic E-state index is 0.171. The van der Waals surface area contributed by atoms with Gasteiger partial charge in [-0.15, -0.1) is 0 Å². The molecule has 1 aromatic carbocycles. The Kier molecular flexibility index (Phi) is 5.97. The molecule has 0 aliphatic carbocycles. The van der Waals surface area contributed by atoms with Crippen molar-refractivity contribution in [1.29, 1.82) is 0 Å². The van der Waals surface area contributed by atoms with Crippen LogP contribution < -0.4 is 16.0 Å². The molecular formula is C22H30N6O. The molecule has 1 saturated heterocycles. The lowest BCUT2D eigenvalue weighted by molar-refractivity contribution is 0.0664. The van der Waals surface area contributed by atoms with E-state index in [1.54, 1.807) is 7.11 Å². The molecule has 0 spiro atoms. The number of hydrogen-bond donors (Lipinski definition) is 3.